The van der Waals surface area contributed by atoms with Gasteiger partial charge in [0.1, 0.15) is 5.83 Å². The van der Waals surface area contributed by atoms with E-state index in [-0.39, 0.29) is 6.61 Å². The summed E-state index contributed by atoms with van der Waals surface area (Å²) < 4.78 is 17.6. The highest BCUT2D eigenvalue weighted by Gasteiger charge is 1.92. The molecule has 0 fully saturated rings. The molecule has 14 heavy (non-hydrogen) atoms. The Hall–Kier alpha value is -1.19. The summed E-state index contributed by atoms with van der Waals surface area (Å²) in [5.41, 5.74) is 1.05. The van der Waals surface area contributed by atoms with Crippen molar-refractivity contribution in [3.63, 3.8) is 0 Å². The molecule has 0 bridgehead atoms. The molecule has 1 aromatic carbocycles. The molecule has 1 rings (SSSR count). The third-order valence-electron chi connectivity index (χ3n) is 1.69. The molecule has 0 aliphatic rings. The minimum atomic E-state index is -0.561. The van der Waals surface area contributed by atoms with Crippen molar-refractivity contribution < 1.29 is 14.2 Å². The van der Waals surface area contributed by atoms with Gasteiger partial charge in [0.15, 0.2) is 0 Å². The fourth-order valence-corrected chi connectivity index (χ4v) is 0.965. The van der Waals surface area contributed by atoms with E-state index in [0.717, 1.165) is 5.56 Å². The maximum absolute atomic E-state index is 12.4. The quantitative estimate of drug-likeness (QED) is 0.730. The fourth-order valence-electron chi connectivity index (χ4n) is 0.965. The van der Waals surface area contributed by atoms with Gasteiger partial charge in [-0.15, -0.1) is 0 Å². The van der Waals surface area contributed by atoms with Crippen LogP contribution in [0.3, 0.4) is 0 Å². The van der Waals surface area contributed by atoms with Gasteiger partial charge in [0, 0.05) is 0 Å². The average Bonchev–Trinajstić information content (AvgIpc) is 2.25. The van der Waals surface area contributed by atoms with Crippen LogP contribution in [0, 0.1) is 0 Å². The zero-order chi connectivity index (χ0) is 10.2. The fraction of sp³-hybridized carbons (Fsp3) is 0.273. The van der Waals surface area contributed by atoms with E-state index in [0.29, 0.717) is 6.61 Å². The third-order valence-corrected chi connectivity index (χ3v) is 1.69. The Labute approximate surface area is 82.6 Å². The lowest BCUT2D eigenvalue weighted by Gasteiger charge is -2.00. The second kappa shape index (κ2) is 6.29. The molecule has 0 saturated heterocycles. The van der Waals surface area contributed by atoms with Gasteiger partial charge in [0.05, 0.1) is 19.8 Å². The van der Waals surface area contributed by atoms with Crippen molar-refractivity contribution in [1.82, 2.24) is 0 Å². The van der Waals surface area contributed by atoms with E-state index < -0.39 is 12.4 Å². The molecule has 0 aliphatic heterocycles. The smallest absolute Gasteiger partial charge is 0.124 e. The van der Waals surface area contributed by atoms with Crippen LogP contribution >= 0.6 is 0 Å². The van der Waals surface area contributed by atoms with Crippen molar-refractivity contribution >= 4 is 0 Å². The maximum atomic E-state index is 12.4. The second-order valence-electron chi connectivity index (χ2n) is 2.81. The standard InChI is InChI=1S/C11H13FO2/c12-11(8-13)6-7-14-9-10-4-2-1-3-5-10/h1-6,13H,7-9H2/b11-6+. The molecule has 2 nitrogen and oxygen atoms in total. The van der Waals surface area contributed by atoms with E-state index in [9.17, 15) is 4.39 Å². The summed E-state index contributed by atoms with van der Waals surface area (Å²) in [5, 5.41) is 8.35. The van der Waals surface area contributed by atoms with Gasteiger partial charge in [-0.2, -0.15) is 0 Å². The Balaban J connectivity index is 2.23. The van der Waals surface area contributed by atoms with Gasteiger partial charge in [-0.1, -0.05) is 30.3 Å². The first-order valence-electron chi connectivity index (χ1n) is 4.40. The average molecular weight is 196 g/mol. The number of ether oxygens (including phenoxy) is 1. The normalized spacial score (nSPS) is 11.7. The van der Waals surface area contributed by atoms with E-state index >= 15 is 0 Å². The molecule has 0 radical (unpaired) electrons. The van der Waals surface area contributed by atoms with Gasteiger partial charge >= 0.3 is 0 Å². The lowest BCUT2D eigenvalue weighted by molar-refractivity contribution is 0.146. The Morgan fingerprint density at radius 2 is 2.07 bits per heavy atom. The number of aliphatic hydroxyl groups is 1. The summed E-state index contributed by atoms with van der Waals surface area (Å²) in [5.74, 6) is -0.557. The van der Waals surface area contributed by atoms with Crippen LogP contribution < -0.4 is 0 Å². The molecule has 0 saturated carbocycles. The first-order chi connectivity index (χ1) is 6.83. The van der Waals surface area contributed by atoms with Gasteiger partial charge < -0.3 is 9.84 Å². The first kappa shape index (κ1) is 10.9. The third kappa shape index (κ3) is 4.16. The zero-order valence-corrected chi connectivity index (χ0v) is 7.82. The minimum Gasteiger partial charge on any atom is -0.389 e. The Morgan fingerprint density at radius 3 is 2.71 bits per heavy atom. The Bertz CT molecular complexity index is 283. The number of benzene rings is 1. The molecule has 76 valence electrons. The number of halogens is 1. The number of hydrogen-bond donors (Lipinski definition) is 1. The molecule has 0 aromatic heterocycles. The number of hydrogen-bond acceptors (Lipinski definition) is 2. The first-order valence-corrected chi connectivity index (χ1v) is 4.40. The van der Waals surface area contributed by atoms with E-state index in [4.69, 9.17) is 9.84 Å². The van der Waals surface area contributed by atoms with Crippen molar-refractivity contribution in [1.29, 1.82) is 0 Å². The second-order valence-corrected chi connectivity index (χ2v) is 2.81. The van der Waals surface area contributed by atoms with E-state index in [1.165, 1.54) is 6.08 Å². The highest BCUT2D eigenvalue weighted by molar-refractivity contribution is 5.13. The van der Waals surface area contributed by atoms with Crippen LogP contribution in [-0.2, 0) is 11.3 Å². The van der Waals surface area contributed by atoms with E-state index in [1.54, 1.807) is 0 Å². The monoisotopic (exact) mass is 196 g/mol. The molecule has 1 N–H and O–H groups in total. The van der Waals surface area contributed by atoms with Crippen molar-refractivity contribution in [3.05, 3.63) is 47.8 Å². The summed E-state index contributed by atoms with van der Waals surface area (Å²) in [6, 6.07) is 9.64. The highest BCUT2D eigenvalue weighted by atomic mass is 19.1. The summed E-state index contributed by atoms with van der Waals surface area (Å²) in [4.78, 5) is 0. The molecule has 0 atom stereocenters. The highest BCUT2D eigenvalue weighted by Crippen LogP contribution is 2.01. The summed E-state index contributed by atoms with van der Waals surface area (Å²) in [7, 11) is 0. The van der Waals surface area contributed by atoms with Gasteiger partial charge in [0.2, 0.25) is 0 Å². The molecular weight excluding hydrogens is 183 g/mol. The maximum Gasteiger partial charge on any atom is 0.124 e. The van der Waals surface area contributed by atoms with Crippen molar-refractivity contribution in [3.8, 4) is 0 Å². The molecule has 0 unspecified atom stereocenters. The van der Waals surface area contributed by atoms with Gasteiger partial charge in [-0.05, 0) is 11.6 Å². The van der Waals surface area contributed by atoms with Crippen LogP contribution in [0.4, 0.5) is 4.39 Å². The Kier molecular flexibility index (Phi) is 4.89. The molecule has 0 amide bonds. The lowest BCUT2D eigenvalue weighted by Crippen LogP contribution is -1.94. The SMILES string of the molecule is OC/C(F)=C\COCc1ccccc1. The lowest BCUT2D eigenvalue weighted by atomic mass is 10.2. The van der Waals surface area contributed by atoms with Crippen molar-refractivity contribution in [2.24, 2.45) is 0 Å². The summed E-state index contributed by atoms with van der Waals surface area (Å²) in [6.07, 6.45) is 1.23. The predicted octanol–water partition coefficient (Wildman–Crippen LogP) is 2.05. The number of aliphatic hydroxyl groups excluding tert-OH is 1. The van der Waals surface area contributed by atoms with Crippen LogP contribution in [0.5, 0.6) is 0 Å². The van der Waals surface area contributed by atoms with Gasteiger partial charge in [-0.3, -0.25) is 0 Å². The zero-order valence-electron chi connectivity index (χ0n) is 7.82. The van der Waals surface area contributed by atoms with Crippen LogP contribution in [0.1, 0.15) is 5.56 Å². The molecular formula is C11H13FO2. The van der Waals surface area contributed by atoms with E-state index in [2.05, 4.69) is 0 Å². The molecule has 3 heteroatoms. The van der Waals surface area contributed by atoms with Crippen molar-refractivity contribution in [2.75, 3.05) is 13.2 Å². The van der Waals surface area contributed by atoms with Gasteiger partial charge in [-0.25, -0.2) is 4.39 Å². The van der Waals surface area contributed by atoms with E-state index in [1.807, 2.05) is 30.3 Å². The minimum absolute atomic E-state index is 0.182. The van der Waals surface area contributed by atoms with Crippen LogP contribution in [-0.4, -0.2) is 18.3 Å². The molecule has 0 aliphatic carbocycles. The van der Waals surface area contributed by atoms with Crippen molar-refractivity contribution in [2.45, 2.75) is 6.61 Å². The molecule has 1 aromatic rings. The largest absolute Gasteiger partial charge is 0.389 e. The molecule has 0 spiro atoms. The van der Waals surface area contributed by atoms with Crippen LogP contribution in [0.25, 0.3) is 0 Å². The van der Waals surface area contributed by atoms with Gasteiger partial charge in [0.25, 0.3) is 0 Å². The summed E-state index contributed by atoms with van der Waals surface area (Å²) in [6.45, 7) is 0.0754. The summed E-state index contributed by atoms with van der Waals surface area (Å²) >= 11 is 0. The topological polar surface area (TPSA) is 29.5 Å². The molecule has 0 heterocycles. The van der Waals surface area contributed by atoms with Crippen LogP contribution in [0.2, 0.25) is 0 Å². The number of rotatable bonds is 5. The predicted molar refractivity (Wildman–Crippen MR) is 52.4 cm³/mol. The Morgan fingerprint density at radius 1 is 1.36 bits per heavy atom. The van der Waals surface area contributed by atoms with Crippen LogP contribution in [0.15, 0.2) is 42.2 Å².